The SMILES string of the molecule is CC(CN)C(=O)N1C[C@@H](C)O[C@@H](C)C1. The highest BCUT2D eigenvalue weighted by molar-refractivity contribution is 5.78. The highest BCUT2D eigenvalue weighted by atomic mass is 16.5. The van der Waals surface area contributed by atoms with E-state index in [9.17, 15) is 4.79 Å². The van der Waals surface area contributed by atoms with Crippen LogP contribution in [0.4, 0.5) is 0 Å². The standard InChI is InChI=1S/C10H20N2O2/c1-7(4-11)10(13)12-5-8(2)14-9(3)6-12/h7-9H,4-6,11H2,1-3H3/t7?,8-,9+. The summed E-state index contributed by atoms with van der Waals surface area (Å²) in [6.45, 7) is 7.64. The predicted octanol–water partition coefficient (Wildman–Crippen LogP) is 0.217. The van der Waals surface area contributed by atoms with Crippen LogP contribution in [0.5, 0.6) is 0 Å². The molecular formula is C10H20N2O2. The number of hydrogen-bond acceptors (Lipinski definition) is 3. The van der Waals surface area contributed by atoms with Gasteiger partial charge in [-0.15, -0.1) is 0 Å². The third kappa shape index (κ3) is 2.69. The molecular weight excluding hydrogens is 180 g/mol. The number of nitrogens with two attached hydrogens (primary N) is 1. The molecule has 1 fully saturated rings. The van der Waals surface area contributed by atoms with Gasteiger partial charge in [0.1, 0.15) is 0 Å². The van der Waals surface area contributed by atoms with Crippen LogP contribution in [-0.2, 0) is 9.53 Å². The summed E-state index contributed by atoms with van der Waals surface area (Å²) in [7, 11) is 0. The fourth-order valence-corrected chi connectivity index (χ4v) is 1.77. The van der Waals surface area contributed by atoms with Crippen molar-refractivity contribution in [3.05, 3.63) is 0 Å². The van der Waals surface area contributed by atoms with E-state index in [-0.39, 0.29) is 24.0 Å². The summed E-state index contributed by atoms with van der Waals surface area (Å²) in [6.07, 6.45) is 0.264. The Morgan fingerprint density at radius 2 is 2.00 bits per heavy atom. The first-order valence-electron chi connectivity index (χ1n) is 5.19. The van der Waals surface area contributed by atoms with Crippen molar-refractivity contribution in [3.63, 3.8) is 0 Å². The molecule has 0 aromatic carbocycles. The van der Waals surface area contributed by atoms with Gasteiger partial charge in [-0.25, -0.2) is 0 Å². The minimum absolute atomic E-state index is 0.0764. The van der Waals surface area contributed by atoms with Gasteiger partial charge in [0.15, 0.2) is 0 Å². The van der Waals surface area contributed by atoms with Crippen molar-refractivity contribution in [2.24, 2.45) is 11.7 Å². The summed E-state index contributed by atoms with van der Waals surface area (Å²) < 4.78 is 5.55. The van der Waals surface area contributed by atoms with Gasteiger partial charge in [-0.1, -0.05) is 6.92 Å². The third-order valence-electron chi connectivity index (χ3n) is 2.51. The van der Waals surface area contributed by atoms with Gasteiger partial charge >= 0.3 is 0 Å². The number of carbonyl (C=O) groups excluding carboxylic acids is 1. The Balaban J connectivity index is 2.54. The summed E-state index contributed by atoms with van der Waals surface area (Å²) in [5.41, 5.74) is 5.47. The molecule has 1 amide bonds. The Kier molecular flexibility index (Phi) is 3.89. The smallest absolute Gasteiger partial charge is 0.226 e. The highest BCUT2D eigenvalue weighted by Crippen LogP contribution is 2.13. The van der Waals surface area contributed by atoms with Crippen molar-refractivity contribution in [1.82, 2.24) is 4.90 Å². The van der Waals surface area contributed by atoms with E-state index in [4.69, 9.17) is 10.5 Å². The van der Waals surface area contributed by atoms with Gasteiger partial charge in [-0.05, 0) is 13.8 Å². The summed E-state index contributed by atoms with van der Waals surface area (Å²) in [6, 6.07) is 0. The third-order valence-corrected chi connectivity index (χ3v) is 2.51. The first-order valence-corrected chi connectivity index (χ1v) is 5.19. The van der Waals surface area contributed by atoms with Gasteiger partial charge in [0.05, 0.1) is 12.2 Å². The number of morpholine rings is 1. The quantitative estimate of drug-likeness (QED) is 0.693. The number of amides is 1. The van der Waals surface area contributed by atoms with Crippen molar-refractivity contribution < 1.29 is 9.53 Å². The molecule has 1 heterocycles. The molecule has 0 aromatic heterocycles. The van der Waals surface area contributed by atoms with Gasteiger partial charge < -0.3 is 15.4 Å². The average molecular weight is 200 g/mol. The summed E-state index contributed by atoms with van der Waals surface area (Å²) in [5.74, 6) is 0.0713. The first-order chi connectivity index (χ1) is 6.54. The lowest BCUT2D eigenvalue weighted by molar-refractivity contribution is -0.146. The number of ether oxygens (including phenoxy) is 1. The van der Waals surface area contributed by atoms with E-state index in [0.717, 1.165) is 0 Å². The Labute approximate surface area is 85.4 Å². The molecule has 1 unspecified atom stereocenters. The molecule has 14 heavy (non-hydrogen) atoms. The molecule has 3 atom stereocenters. The van der Waals surface area contributed by atoms with Gasteiger partial charge in [0, 0.05) is 25.6 Å². The summed E-state index contributed by atoms with van der Waals surface area (Å²) in [5, 5.41) is 0. The largest absolute Gasteiger partial charge is 0.372 e. The molecule has 1 saturated heterocycles. The molecule has 2 N–H and O–H groups in total. The minimum atomic E-state index is -0.0764. The van der Waals surface area contributed by atoms with E-state index in [1.807, 2.05) is 25.7 Å². The van der Waals surface area contributed by atoms with E-state index in [0.29, 0.717) is 19.6 Å². The van der Waals surface area contributed by atoms with Gasteiger partial charge in [-0.2, -0.15) is 0 Å². The van der Waals surface area contributed by atoms with Crippen molar-refractivity contribution >= 4 is 5.91 Å². The predicted molar refractivity (Wildman–Crippen MR) is 54.8 cm³/mol. The van der Waals surface area contributed by atoms with Crippen LogP contribution in [0.1, 0.15) is 20.8 Å². The summed E-state index contributed by atoms with van der Waals surface area (Å²) in [4.78, 5) is 13.7. The van der Waals surface area contributed by atoms with Gasteiger partial charge in [-0.3, -0.25) is 4.79 Å². The number of rotatable bonds is 2. The number of carbonyl (C=O) groups is 1. The van der Waals surface area contributed by atoms with Gasteiger partial charge in [0.2, 0.25) is 5.91 Å². The maximum absolute atomic E-state index is 11.8. The van der Waals surface area contributed by atoms with E-state index in [1.54, 1.807) is 0 Å². The highest BCUT2D eigenvalue weighted by Gasteiger charge is 2.27. The van der Waals surface area contributed by atoms with E-state index in [2.05, 4.69) is 0 Å². The fraction of sp³-hybridized carbons (Fsp3) is 0.900. The molecule has 4 heteroatoms. The van der Waals surface area contributed by atoms with E-state index in [1.165, 1.54) is 0 Å². The second-order valence-corrected chi connectivity index (χ2v) is 4.14. The average Bonchev–Trinajstić information content (AvgIpc) is 2.14. The lowest BCUT2D eigenvalue weighted by atomic mass is 10.1. The molecule has 0 saturated carbocycles. The van der Waals surface area contributed by atoms with Crippen molar-refractivity contribution in [3.8, 4) is 0 Å². The Morgan fingerprint density at radius 1 is 1.50 bits per heavy atom. The number of hydrogen-bond donors (Lipinski definition) is 1. The molecule has 1 aliphatic heterocycles. The molecule has 4 nitrogen and oxygen atoms in total. The molecule has 1 rings (SSSR count). The van der Waals surface area contributed by atoms with Crippen molar-refractivity contribution in [2.45, 2.75) is 33.0 Å². The minimum Gasteiger partial charge on any atom is -0.372 e. The normalized spacial score (nSPS) is 30.1. The summed E-state index contributed by atoms with van der Waals surface area (Å²) >= 11 is 0. The molecule has 0 spiro atoms. The maximum Gasteiger partial charge on any atom is 0.226 e. The number of nitrogens with zero attached hydrogens (tertiary/aromatic N) is 1. The second-order valence-electron chi connectivity index (χ2n) is 4.14. The fourth-order valence-electron chi connectivity index (χ4n) is 1.77. The topological polar surface area (TPSA) is 55.6 Å². The monoisotopic (exact) mass is 200 g/mol. The second kappa shape index (κ2) is 4.75. The first kappa shape index (κ1) is 11.5. The van der Waals surface area contributed by atoms with Crippen LogP contribution in [0, 0.1) is 5.92 Å². The van der Waals surface area contributed by atoms with Crippen LogP contribution in [0.3, 0.4) is 0 Å². The van der Waals surface area contributed by atoms with Crippen LogP contribution in [-0.4, -0.2) is 42.6 Å². The Hall–Kier alpha value is -0.610. The van der Waals surface area contributed by atoms with Crippen molar-refractivity contribution in [1.29, 1.82) is 0 Å². The zero-order valence-electron chi connectivity index (χ0n) is 9.19. The molecule has 0 bridgehead atoms. The van der Waals surface area contributed by atoms with E-state index < -0.39 is 0 Å². The maximum atomic E-state index is 11.8. The molecule has 82 valence electrons. The Bertz CT molecular complexity index is 198. The Morgan fingerprint density at radius 3 is 2.43 bits per heavy atom. The van der Waals surface area contributed by atoms with Crippen LogP contribution in [0.2, 0.25) is 0 Å². The molecule has 0 aliphatic carbocycles. The van der Waals surface area contributed by atoms with Crippen LogP contribution >= 0.6 is 0 Å². The van der Waals surface area contributed by atoms with E-state index >= 15 is 0 Å². The molecule has 1 aliphatic rings. The van der Waals surface area contributed by atoms with Crippen LogP contribution in [0.25, 0.3) is 0 Å². The molecule has 0 aromatic rings. The zero-order chi connectivity index (χ0) is 10.7. The van der Waals surface area contributed by atoms with Gasteiger partial charge in [0.25, 0.3) is 0 Å². The zero-order valence-corrected chi connectivity index (χ0v) is 9.19. The van der Waals surface area contributed by atoms with Crippen molar-refractivity contribution in [2.75, 3.05) is 19.6 Å². The van der Waals surface area contributed by atoms with Crippen LogP contribution in [0.15, 0.2) is 0 Å². The lowest BCUT2D eigenvalue weighted by Crippen LogP contribution is -2.50. The van der Waals surface area contributed by atoms with Crippen LogP contribution < -0.4 is 5.73 Å². The lowest BCUT2D eigenvalue weighted by Gasteiger charge is -2.36. The molecule has 0 radical (unpaired) electrons.